The van der Waals surface area contributed by atoms with Crippen LogP contribution in [-0.2, 0) is 6.42 Å². The highest BCUT2D eigenvalue weighted by Gasteiger charge is 2.30. The van der Waals surface area contributed by atoms with Crippen LogP contribution >= 0.6 is 11.3 Å². The molecular weight excluding hydrogens is 771 g/mol. The summed E-state index contributed by atoms with van der Waals surface area (Å²) < 4.78 is 2.58. The van der Waals surface area contributed by atoms with Gasteiger partial charge in [-0.25, -0.2) is 15.0 Å². The van der Waals surface area contributed by atoms with Crippen molar-refractivity contribution >= 4 is 74.6 Å². The largest absolute Gasteiger partial charge is 0.208 e. The molecule has 0 radical (unpaired) electrons. The third-order valence-electron chi connectivity index (χ3n) is 13.1. The molecule has 0 N–H and O–H groups in total. The highest BCUT2D eigenvalue weighted by Crippen LogP contribution is 2.50. The number of hydrogen-bond acceptors (Lipinski definition) is 4. The number of fused-ring (bicyclic) bond motifs is 10. The maximum atomic E-state index is 5.52. The first-order valence-electron chi connectivity index (χ1n) is 21.4. The molecule has 1 atom stereocenters. The number of hydrogen-bond donors (Lipinski definition) is 0. The Hall–Kier alpha value is -7.53. The van der Waals surface area contributed by atoms with Gasteiger partial charge >= 0.3 is 0 Å². The van der Waals surface area contributed by atoms with Crippen LogP contribution in [0.3, 0.4) is 0 Å². The van der Waals surface area contributed by atoms with Gasteiger partial charge in [0.05, 0.1) is 0 Å². The molecule has 10 aromatic carbocycles. The Morgan fingerprint density at radius 1 is 0.387 bits per heavy atom. The third-order valence-corrected chi connectivity index (χ3v) is 14.3. The summed E-state index contributed by atoms with van der Waals surface area (Å²) in [5.74, 6) is 2.08. The molecule has 290 valence electrons. The average Bonchev–Trinajstić information content (AvgIpc) is 3.65. The number of aromatic nitrogens is 3. The van der Waals surface area contributed by atoms with Crippen molar-refractivity contribution in [2.75, 3.05) is 0 Å². The van der Waals surface area contributed by atoms with Crippen LogP contribution in [0.25, 0.3) is 109 Å². The standard InChI is InChI=1S/C58H37N3S/c1-2-14-37-31-43(25-24-35(37)12-1)56-59-57(48-22-11-19-36-13-7-8-20-44(36)48)61-58(60-56)49-29-28-47-45-21-9-10-23-53(45)62-55(47)54(49)46-27-26-42-30-38-15-3-4-16-39(38)32-50(42)52-34-41-18-6-5-17-40(41)33-51(46)52/h1-25,28-34,46H,26-27H2. The van der Waals surface area contributed by atoms with Crippen molar-refractivity contribution in [3.63, 3.8) is 0 Å². The van der Waals surface area contributed by atoms with E-state index in [-0.39, 0.29) is 5.92 Å². The molecule has 13 rings (SSSR count). The van der Waals surface area contributed by atoms with Crippen LogP contribution in [0.5, 0.6) is 0 Å². The van der Waals surface area contributed by atoms with E-state index >= 15 is 0 Å². The molecule has 0 spiro atoms. The van der Waals surface area contributed by atoms with E-state index in [9.17, 15) is 0 Å². The smallest absolute Gasteiger partial charge is 0.164 e. The Morgan fingerprint density at radius 2 is 0.984 bits per heavy atom. The Bertz CT molecular complexity index is 3780. The monoisotopic (exact) mass is 807 g/mol. The highest BCUT2D eigenvalue weighted by molar-refractivity contribution is 7.26. The van der Waals surface area contributed by atoms with Gasteiger partial charge in [-0.3, -0.25) is 0 Å². The van der Waals surface area contributed by atoms with E-state index in [1.807, 2.05) is 11.3 Å². The number of rotatable bonds is 4. The fourth-order valence-corrected chi connectivity index (χ4v) is 11.4. The van der Waals surface area contributed by atoms with Gasteiger partial charge in [-0.15, -0.1) is 11.3 Å². The molecule has 0 saturated carbocycles. The SMILES string of the molecule is c1ccc2cc(-c3nc(-c4ccc5c(sc6ccccc65)c4C4CCc5cc6ccccc6cc5-c5cc6ccccc6cc54)nc(-c4cccc5ccccc45)n3)ccc2c1. The van der Waals surface area contributed by atoms with Crippen molar-refractivity contribution in [1.82, 2.24) is 15.0 Å². The van der Waals surface area contributed by atoms with Crippen molar-refractivity contribution in [3.8, 4) is 45.3 Å². The molecule has 0 bridgehead atoms. The van der Waals surface area contributed by atoms with Gasteiger partial charge in [0.1, 0.15) is 0 Å². The van der Waals surface area contributed by atoms with Gasteiger partial charge in [-0.05, 0) is 114 Å². The van der Waals surface area contributed by atoms with E-state index in [1.54, 1.807) is 0 Å². The molecule has 3 nitrogen and oxygen atoms in total. The minimum atomic E-state index is 0.0544. The summed E-state index contributed by atoms with van der Waals surface area (Å²) in [5, 5.41) is 12.2. The molecule has 2 heterocycles. The Kier molecular flexibility index (Phi) is 7.97. The first-order valence-corrected chi connectivity index (χ1v) is 22.2. The quantitative estimate of drug-likeness (QED) is 0.178. The van der Waals surface area contributed by atoms with Gasteiger partial charge in [0.15, 0.2) is 17.5 Å². The molecule has 1 aliphatic carbocycles. The summed E-state index contributed by atoms with van der Waals surface area (Å²) in [4.78, 5) is 16.3. The molecule has 62 heavy (non-hydrogen) atoms. The van der Waals surface area contributed by atoms with E-state index in [4.69, 9.17) is 15.0 Å². The number of aryl methyl sites for hydroxylation is 1. The van der Waals surface area contributed by atoms with Gasteiger partial charge in [0, 0.05) is 42.8 Å². The lowest BCUT2D eigenvalue weighted by molar-refractivity contribution is 0.733. The van der Waals surface area contributed by atoms with Crippen molar-refractivity contribution in [1.29, 1.82) is 0 Å². The van der Waals surface area contributed by atoms with E-state index in [0.717, 1.165) is 45.7 Å². The third kappa shape index (κ3) is 5.68. The summed E-state index contributed by atoms with van der Waals surface area (Å²) in [6, 6.07) is 70.8. The van der Waals surface area contributed by atoms with Crippen LogP contribution in [0.4, 0.5) is 0 Å². The lowest BCUT2D eigenvalue weighted by Crippen LogP contribution is -2.08. The molecule has 0 aliphatic heterocycles. The van der Waals surface area contributed by atoms with Crippen molar-refractivity contribution in [2.45, 2.75) is 18.8 Å². The Morgan fingerprint density at radius 3 is 1.77 bits per heavy atom. The average molecular weight is 808 g/mol. The van der Waals surface area contributed by atoms with Gasteiger partial charge < -0.3 is 0 Å². The fraction of sp³-hybridized carbons (Fsp3) is 0.0517. The van der Waals surface area contributed by atoms with Gasteiger partial charge in [-0.2, -0.15) is 0 Å². The molecule has 1 unspecified atom stereocenters. The maximum Gasteiger partial charge on any atom is 0.164 e. The second-order valence-electron chi connectivity index (χ2n) is 16.6. The Labute approximate surface area is 362 Å². The second kappa shape index (κ2) is 14.0. The molecule has 0 amide bonds. The highest BCUT2D eigenvalue weighted by atomic mass is 32.1. The number of thiophene rings is 1. The van der Waals surface area contributed by atoms with Gasteiger partial charge in [0.2, 0.25) is 0 Å². The fourth-order valence-electron chi connectivity index (χ4n) is 10.1. The lowest BCUT2D eigenvalue weighted by Gasteiger charge is -2.23. The van der Waals surface area contributed by atoms with Crippen LogP contribution in [0.2, 0.25) is 0 Å². The molecule has 2 aromatic heterocycles. The van der Waals surface area contributed by atoms with E-state index < -0.39 is 0 Å². The Balaban J connectivity index is 1.12. The normalized spacial score (nSPS) is 13.8. The van der Waals surface area contributed by atoms with Crippen LogP contribution in [0.1, 0.15) is 29.0 Å². The first kappa shape index (κ1) is 35.2. The minimum Gasteiger partial charge on any atom is -0.208 e. The molecule has 4 heteroatoms. The van der Waals surface area contributed by atoms with Gasteiger partial charge in [-0.1, -0.05) is 164 Å². The van der Waals surface area contributed by atoms with Crippen LogP contribution in [0, 0.1) is 0 Å². The predicted molar refractivity (Wildman–Crippen MR) is 261 cm³/mol. The van der Waals surface area contributed by atoms with Crippen molar-refractivity contribution < 1.29 is 0 Å². The van der Waals surface area contributed by atoms with Crippen molar-refractivity contribution in [3.05, 3.63) is 211 Å². The molecule has 12 aromatic rings. The minimum absolute atomic E-state index is 0.0544. The van der Waals surface area contributed by atoms with E-state index in [2.05, 4.69) is 194 Å². The predicted octanol–water partition coefficient (Wildman–Crippen LogP) is 15.6. The zero-order valence-electron chi connectivity index (χ0n) is 33.7. The first-order chi connectivity index (χ1) is 30.7. The number of nitrogens with zero attached hydrogens (tertiary/aromatic N) is 3. The van der Waals surface area contributed by atoms with Crippen LogP contribution in [0.15, 0.2) is 194 Å². The maximum absolute atomic E-state index is 5.52. The second-order valence-corrected chi connectivity index (χ2v) is 17.7. The summed E-state index contributed by atoms with van der Waals surface area (Å²) in [5.41, 5.74) is 9.67. The summed E-state index contributed by atoms with van der Waals surface area (Å²) >= 11 is 1.90. The summed E-state index contributed by atoms with van der Waals surface area (Å²) in [6.07, 6.45) is 1.88. The summed E-state index contributed by atoms with van der Waals surface area (Å²) in [6.45, 7) is 0. The molecule has 0 saturated heterocycles. The van der Waals surface area contributed by atoms with Crippen molar-refractivity contribution in [2.24, 2.45) is 0 Å². The van der Waals surface area contributed by atoms with E-state index in [1.165, 1.54) is 74.9 Å². The number of benzene rings is 10. The zero-order chi connectivity index (χ0) is 40.7. The van der Waals surface area contributed by atoms with E-state index in [0.29, 0.717) is 17.5 Å². The van der Waals surface area contributed by atoms with Crippen LogP contribution < -0.4 is 0 Å². The van der Waals surface area contributed by atoms with Crippen LogP contribution in [-0.4, -0.2) is 15.0 Å². The summed E-state index contributed by atoms with van der Waals surface area (Å²) in [7, 11) is 0. The molecular formula is C58H37N3S. The molecule has 0 fully saturated rings. The lowest BCUT2D eigenvalue weighted by atomic mass is 9.81. The topological polar surface area (TPSA) is 38.7 Å². The zero-order valence-corrected chi connectivity index (χ0v) is 34.5. The van der Waals surface area contributed by atoms with Gasteiger partial charge in [0.25, 0.3) is 0 Å². The molecule has 1 aliphatic rings.